The largest absolute Gasteiger partial charge is 0.492 e. The number of para-hydroxylation sites is 1. The molecule has 2 aromatic carbocycles. The first kappa shape index (κ1) is 20.8. The van der Waals surface area contributed by atoms with Crippen molar-refractivity contribution in [3.05, 3.63) is 60.2 Å². The van der Waals surface area contributed by atoms with Gasteiger partial charge in [-0.1, -0.05) is 30.3 Å². The van der Waals surface area contributed by atoms with Crippen molar-refractivity contribution in [2.75, 3.05) is 13.2 Å². The van der Waals surface area contributed by atoms with Crippen LogP contribution in [0.4, 0.5) is 4.79 Å². The van der Waals surface area contributed by atoms with Gasteiger partial charge >= 0.3 is 6.09 Å². The first-order chi connectivity index (χ1) is 13.4. The Morgan fingerprint density at radius 2 is 1.71 bits per heavy atom. The molecule has 0 aliphatic heterocycles. The second-order valence-electron chi connectivity index (χ2n) is 6.01. The number of nitrogens with two attached hydrogens (primary N) is 2. The number of hydrogen-bond donors (Lipinski definition) is 3. The maximum absolute atomic E-state index is 12.0. The number of benzene rings is 2. The molecule has 0 aliphatic rings. The van der Waals surface area contributed by atoms with Crippen LogP contribution in [-0.4, -0.2) is 37.0 Å². The highest BCUT2D eigenvalue weighted by Gasteiger charge is 2.19. The van der Waals surface area contributed by atoms with E-state index in [0.717, 1.165) is 5.56 Å². The van der Waals surface area contributed by atoms with E-state index in [1.54, 1.807) is 36.4 Å². The third-order valence-electron chi connectivity index (χ3n) is 3.75. The molecule has 0 bridgehead atoms. The minimum Gasteiger partial charge on any atom is -0.492 e. The molecule has 28 heavy (non-hydrogen) atoms. The molecule has 1 atom stereocenters. The average Bonchev–Trinajstić information content (AvgIpc) is 2.66. The fraction of sp³-hybridized carbons (Fsp3) is 0.250. The number of nitrogens with zero attached hydrogens (tertiary/aromatic N) is 1. The Labute approximate surface area is 163 Å². The zero-order valence-electron chi connectivity index (χ0n) is 15.6. The van der Waals surface area contributed by atoms with E-state index in [0.29, 0.717) is 31.1 Å². The molecule has 0 radical (unpaired) electrons. The number of guanidine groups is 1. The molecular weight excluding hydrogens is 360 g/mol. The minimum atomic E-state index is -0.690. The van der Waals surface area contributed by atoms with Gasteiger partial charge in [0, 0.05) is 0 Å². The molecule has 0 unspecified atom stereocenters. The third kappa shape index (κ3) is 7.36. The van der Waals surface area contributed by atoms with Gasteiger partial charge in [0.15, 0.2) is 11.7 Å². The monoisotopic (exact) mass is 384 g/mol. The van der Waals surface area contributed by atoms with Gasteiger partial charge in [-0.3, -0.25) is 9.79 Å². The normalized spacial score (nSPS) is 11.2. The van der Waals surface area contributed by atoms with Crippen molar-refractivity contribution in [3.8, 4) is 11.5 Å². The van der Waals surface area contributed by atoms with Gasteiger partial charge in [0.25, 0.3) is 0 Å². The van der Waals surface area contributed by atoms with Crippen molar-refractivity contribution in [3.63, 3.8) is 0 Å². The Morgan fingerprint density at radius 1 is 1.04 bits per heavy atom. The van der Waals surface area contributed by atoms with Crippen LogP contribution in [0.2, 0.25) is 0 Å². The number of hydrogen-bond acceptors (Lipinski definition) is 5. The lowest BCUT2D eigenvalue weighted by Crippen LogP contribution is -2.42. The van der Waals surface area contributed by atoms with Crippen LogP contribution >= 0.6 is 0 Å². The number of carbonyl (C=O) groups excluding carboxylic acids is 2. The van der Waals surface area contributed by atoms with Gasteiger partial charge in [-0.05, 0) is 43.2 Å². The van der Waals surface area contributed by atoms with Crippen molar-refractivity contribution >= 4 is 17.8 Å². The molecule has 148 valence electrons. The Hall–Kier alpha value is -3.55. The molecule has 8 nitrogen and oxygen atoms in total. The van der Waals surface area contributed by atoms with Crippen LogP contribution in [0, 0.1) is 0 Å². The Bertz CT molecular complexity index is 803. The lowest BCUT2D eigenvalue weighted by Gasteiger charge is -2.16. The number of aliphatic imine (C=N–C) groups is 1. The molecular formula is C20H24N4O4. The van der Waals surface area contributed by atoms with E-state index in [1.165, 1.54) is 6.92 Å². The summed E-state index contributed by atoms with van der Waals surface area (Å²) in [5.41, 5.74) is 11.4. The molecule has 0 spiro atoms. The highest BCUT2D eigenvalue weighted by atomic mass is 16.6. The molecule has 8 heteroatoms. The van der Waals surface area contributed by atoms with Crippen molar-refractivity contribution in [1.29, 1.82) is 0 Å². The number of carbonyl (C=O) groups is 2. The lowest BCUT2D eigenvalue weighted by atomic mass is 10.0. The van der Waals surface area contributed by atoms with Crippen molar-refractivity contribution in [2.24, 2.45) is 16.5 Å². The van der Waals surface area contributed by atoms with E-state index in [4.69, 9.17) is 20.9 Å². The summed E-state index contributed by atoms with van der Waals surface area (Å²) in [5.74, 6) is 0.921. The highest BCUT2D eigenvalue weighted by molar-refractivity contribution is 5.86. The van der Waals surface area contributed by atoms with Gasteiger partial charge in [0.2, 0.25) is 0 Å². The van der Waals surface area contributed by atoms with Gasteiger partial charge in [-0.25, -0.2) is 4.79 Å². The summed E-state index contributed by atoms with van der Waals surface area (Å²) >= 11 is 0. The number of amides is 1. The quantitative estimate of drug-likeness (QED) is 0.342. The number of rotatable bonds is 9. The van der Waals surface area contributed by atoms with E-state index in [9.17, 15) is 9.59 Å². The topological polar surface area (TPSA) is 129 Å². The predicted molar refractivity (Wildman–Crippen MR) is 106 cm³/mol. The van der Waals surface area contributed by atoms with Crippen LogP contribution in [0.3, 0.4) is 0 Å². The first-order valence-electron chi connectivity index (χ1n) is 8.75. The number of ketones is 1. The Balaban J connectivity index is 1.88. The molecule has 0 saturated heterocycles. The van der Waals surface area contributed by atoms with E-state index >= 15 is 0 Å². The summed E-state index contributed by atoms with van der Waals surface area (Å²) < 4.78 is 10.7. The molecule has 0 heterocycles. The molecule has 5 N–H and O–H groups in total. The standard InChI is InChI=1S/C20H24N4O4/c1-14(25)18(24-20(26)28-17-5-3-2-4-6-17)13-15-7-9-16(10-8-15)27-12-11-23-19(21)22/h2-10,18H,11-13H2,1H3,(H,24,26)(H4,21,22,23)/t18-/m0/s1. The molecule has 2 rings (SSSR count). The summed E-state index contributed by atoms with van der Waals surface area (Å²) in [6.45, 7) is 2.14. The van der Waals surface area contributed by atoms with Crippen LogP contribution in [0.1, 0.15) is 12.5 Å². The maximum Gasteiger partial charge on any atom is 0.413 e. The zero-order valence-corrected chi connectivity index (χ0v) is 15.6. The summed E-state index contributed by atoms with van der Waals surface area (Å²) in [6, 6.07) is 15.2. The fourth-order valence-electron chi connectivity index (χ4n) is 2.36. The minimum absolute atomic E-state index is 0.0208. The Kier molecular flexibility index (Phi) is 7.83. The first-order valence-corrected chi connectivity index (χ1v) is 8.75. The highest BCUT2D eigenvalue weighted by Crippen LogP contribution is 2.14. The fourth-order valence-corrected chi connectivity index (χ4v) is 2.36. The third-order valence-corrected chi connectivity index (χ3v) is 3.75. The van der Waals surface area contributed by atoms with Gasteiger partial charge in [-0.15, -0.1) is 0 Å². The average molecular weight is 384 g/mol. The van der Waals surface area contributed by atoms with Gasteiger partial charge < -0.3 is 26.3 Å². The van der Waals surface area contributed by atoms with Crippen LogP contribution in [0.5, 0.6) is 11.5 Å². The second kappa shape index (κ2) is 10.6. The SMILES string of the molecule is CC(=O)[C@H](Cc1ccc(OCCN=C(N)N)cc1)NC(=O)Oc1ccccc1. The van der Waals surface area contributed by atoms with E-state index in [2.05, 4.69) is 10.3 Å². The number of ether oxygens (including phenoxy) is 2. The smallest absolute Gasteiger partial charge is 0.413 e. The second-order valence-corrected chi connectivity index (χ2v) is 6.01. The summed E-state index contributed by atoms with van der Waals surface area (Å²) in [4.78, 5) is 27.8. The van der Waals surface area contributed by atoms with Crippen molar-refractivity contribution in [1.82, 2.24) is 5.32 Å². The van der Waals surface area contributed by atoms with Crippen LogP contribution < -0.4 is 26.3 Å². The van der Waals surface area contributed by atoms with Crippen molar-refractivity contribution in [2.45, 2.75) is 19.4 Å². The van der Waals surface area contributed by atoms with Crippen LogP contribution in [0.25, 0.3) is 0 Å². The number of nitrogens with one attached hydrogen (secondary N) is 1. The lowest BCUT2D eigenvalue weighted by molar-refractivity contribution is -0.118. The summed E-state index contributed by atoms with van der Waals surface area (Å²) in [6.07, 6.45) is -0.334. The van der Waals surface area contributed by atoms with E-state index in [-0.39, 0.29) is 11.7 Å². The van der Waals surface area contributed by atoms with E-state index in [1.807, 2.05) is 18.2 Å². The summed E-state index contributed by atoms with van der Waals surface area (Å²) in [7, 11) is 0. The molecule has 0 aliphatic carbocycles. The van der Waals surface area contributed by atoms with Gasteiger partial charge in [0.05, 0.1) is 12.6 Å². The van der Waals surface area contributed by atoms with Crippen LogP contribution in [-0.2, 0) is 11.2 Å². The van der Waals surface area contributed by atoms with Gasteiger partial charge in [-0.2, -0.15) is 0 Å². The summed E-state index contributed by atoms with van der Waals surface area (Å²) in [5, 5.41) is 2.60. The molecule has 0 aromatic heterocycles. The molecule has 0 saturated carbocycles. The number of Topliss-reactive ketones (excluding diaryl/α,β-unsaturated/α-hetero) is 1. The van der Waals surface area contributed by atoms with E-state index < -0.39 is 12.1 Å². The molecule has 0 fully saturated rings. The Morgan fingerprint density at radius 3 is 2.32 bits per heavy atom. The molecule has 2 aromatic rings. The van der Waals surface area contributed by atoms with Gasteiger partial charge in [0.1, 0.15) is 18.1 Å². The predicted octanol–water partition coefficient (Wildman–Crippen LogP) is 1.63. The van der Waals surface area contributed by atoms with Crippen molar-refractivity contribution < 1.29 is 19.1 Å². The molecule has 1 amide bonds. The maximum atomic E-state index is 12.0. The zero-order chi connectivity index (χ0) is 20.4. The van der Waals surface area contributed by atoms with Crippen LogP contribution in [0.15, 0.2) is 59.6 Å².